The van der Waals surface area contributed by atoms with Crippen molar-refractivity contribution in [1.82, 2.24) is 5.32 Å². The van der Waals surface area contributed by atoms with Gasteiger partial charge in [-0.1, -0.05) is 26.0 Å². The maximum absolute atomic E-state index is 11.7. The summed E-state index contributed by atoms with van der Waals surface area (Å²) < 4.78 is 4.96. The molecule has 7 heteroatoms. The molecule has 23 heavy (non-hydrogen) atoms. The van der Waals surface area contributed by atoms with Gasteiger partial charge in [-0.25, -0.2) is 4.79 Å². The molecule has 0 aliphatic carbocycles. The Balaban J connectivity index is 2.63. The number of carbonyl (C=O) groups is 2. The average Bonchev–Trinajstić information content (AvgIpc) is 2.50. The lowest BCUT2D eigenvalue weighted by atomic mass is 10.1. The molecule has 7 nitrogen and oxygen atoms in total. The molecule has 0 fully saturated rings. The van der Waals surface area contributed by atoms with Gasteiger partial charge in [0.2, 0.25) is 0 Å². The summed E-state index contributed by atoms with van der Waals surface area (Å²) >= 11 is 0. The number of nitrogens with one attached hydrogen (secondary N) is 1. The minimum atomic E-state index is -0.934. The number of rotatable bonds is 7. The Kier molecular flexibility index (Phi) is 6.92. The lowest BCUT2D eigenvalue weighted by Crippen LogP contribution is -2.37. The first kappa shape index (κ1) is 18.3. The molecule has 0 spiro atoms. The number of benzene rings is 1. The van der Waals surface area contributed by atoms with Crippen LogP contribution >= 0.6 is 0 Å². The Morgan fingerprint density at radius 1 is 1.30 bits per heavy atom. The first-order valence-electron chi connectivity index (χ1n) is 7.21. The van der Waals surface area contributed by atoms with E-state index in [1.54, 1.807) is 6.07 Å². The summed E-state index contributed by atoms with van der Waals surface area (Å²) in [5.41, 5.74) is 0.172. The van der Waals surface area contributed by atoms with Crippen LogP contribution in [0.4, 0.5) is 5.69 Å². The highest BCUT2D eigenvalue weighted by Crippen LogP contribution is 2.18. The Morgan fingerprint density at radius 2 is 1.96 bits per heavy atom. The van der Waals surface area contributed by atoms with E-state index in [0.29, 0.717) is 12.5 Å². The molecule has 0 aliphatic heterocycles. The highest BCUT2D eigenvalue weighted by Gasteiger charge is 2.16. The van der Waals surface area contributed by atoms with Crippen molar-refractivity contribution in [2.75, 3.05) is 6.54 Å². The van der Waals surface area contributed by atoms with Crippen LogP contribution in [0.1, 0.15) is 26.3 Å². The van der Waals surface area contributed by atoms with Gasteiger partial charge in [0, 0.05) is 18.7 Å². The van der Waals surface area contributed by atoms with E-state index >= 15 is 0 Å². The van der Waals surface area contributed by atoms with Crippen LogP contribution in [0.25, 0.3) is 6.08 Å². The van der Waals surface area contributed by atoms with E-state index in [1.807, 2.05) is 13.8 Å². The Labute approximate surface area is 134 Å². The second-order valence-electron chi connectivity index (χ2n) is 5.37. The maximum atomic E-state index is 11.7. The van der Waals surface area contributed by atoms with E-state index in [0.717, 1.165) is 6.08 Å². The minimum Gasteiger partial charge on any atom is -0.449 e. The molecule has 124 valence electrons. The number of nitrogens with zero attached hydrogens (tertiary/aromatic N) is 1. The van der Waals surface area contributed by atoms with E-state index < -0.39 is 17.0 Å². The minimum absolute atomic E-state index is 0.112. The van der Waals surface area contributed by atoms with Crippen molar-refractivity contribution < 1.29 is 19.2 Å². The van der Waals surface area contributed by atoms with Crippen molar-refractivity contribution in [3.8, 4) is 0 Å². The number of esters is 1. The molecular weight excluding hydrogens is 300 g/mol. The number of hydrogen-bond donors (Lipinski definition) is 1. The number of hydrogen-bond acceptors (Lipinski definition) is 5. The fraction of sp³-hybridized carbons (Fsp3) is 0.375. The molecule has 0 saturated carbocycles. The Bertz CT molecular complexity index is 610. The van der Waals surface area contributed by atoms with Gasteiger partial charge in [-0.3, -0.25) is 14.9 Å². The smallest absolute Gasteiger partial charge is 0.331 e. The monoisotopic (exact) mass is 320 g/mol. The first-order chi connectivity index (χ1) is 10.8. The maximum Gasteiger partial charge on any atom is 0.331 e. The third-order valence-electron chi connectivity index (χ3n) is 2.88. The zero-order chi connectivity index (χ0) is 17.4. The van der Waals surface area contributed by atoms with Gasteiger partial charge >= 0.3 is 5.97 Å². The highest BCUT2D eigenvalue weighted by atomic mass is 16.6. The lowest BCUT2D eigenvalue weighted by Gasteiger charge is -2.13. The Morgan fingerprint density at radius 3 is 2.57 bits per heavy atom. The summed E-state index contributed by atoms with van der Waals surface area (Å²) in [6.07, 6.45) is 1.42. The number of nitro groups is 1. The van der Waals surface area contributed by atoms with E-state index in [4.69, 9.17) is 4.74 Å². The highest BCUT2D eigenvalue weighted by molar-refractivity contribution is 5.90. The number of para-hydroxylation sites is 1. The zero-order valence-corrected chi connectivity index (χ0v) is 13.3. The molecule has 1 atom stereocenters. The van der Waals surface area contributed by atoms with E-state index in [1.165, 1.54) is 31.2 Å². The molecule has 1 rings (SSSR count). The summed E-state index contributed by atoms with van der Waals surface area (Å²) in [6.45, 7) is 5.86. The van der Waals surface area contributed by atoms with Crippen molar-refractivity contribution in [1.29, 1.82) is 0 Å². The van der Waals surface area contributed by atoms with Crippen molar-refractivity contribution in [3.05, 3.63) is 46.0 Å². The topological polar surface area (TPSA) is 98.5 Å². The van der Waals surface area contributed by atoms with Gasteiger partial charge in [0.05, 0.1) is 10.5 Å². The van der Waals surface area contributed by atoms with E-state index in [2.05, 4.69) is 5.32 Å². The third-order valence-corrected chi connectivity index (χ3v) is 2.88. The summed E-state index contributed by atoms with van der Waals surface area (Å²) in [6, 6.07) is 6.02. The predicted octanol–water partition coefficient (Wildman–Crippen LogP) is 2.31. The average molecular weight is 320 g/mol. The van der Waals surface area contributed by atoms with Crippen LogP contribution in [0, 0.1) is 16.0 Å². The van der Waals surface area contributed by atoms with Crippen molar-refractivity contribution >= 4 is 23.6 Å². The zero-order valence-electron chi connectivity index (χ0n) is 13.3. The van der Waals surface area contributed by atoms with Crippen LogP contribution in [0.5, 0.6) is 0 Å². The van der Waals surface area contributed by atoms with Gasteiger partial charge in [-0.05, 0) is 25.0 Å². The van der Waals surface area contributed by atoms with E-state index in [-0.39, 0.29) is 17.2 Å². The molecule has 1 aromatic carbocycles. The normalized spacial score (nSPS) is 12.2. The van der Waals surface area contributed by atoms with Crippen LogP contribution in [0.2, 0.25) is 0 Å². The molecule has 0 bridgehead atoms. The molecule has 0 heterocycles. The SMILES string of the molecule is CC(C)CNC(=O)C(C)OC(=O)/C=C/c1ccccc1[N+](=O)[O-]. The number of nitro benzene ring substituents is 1. The predicted molar refractivity (Wildman–Crippen MR) is 85.5 cm³/mol. The number of carbonyl (C=O) groups excluding carboxylic acids is 2. The van der Waals surface area contributed by atoms with Crippen molar-refractivity contribution in [2.24, 2.45) is 5.92 Å². The number of ether oxygens (including phenoxy) is 1. The molecule has 1 aromatic rings. The fourth-order valence-corrected chi connectivity index (χ4v) is 1.67. The van der Waals surface area contributed by atoms with Gasteiger partial charge in [-0.2, -0.15) is 0 Å². The second kappa shape index (κ2) is 8.67. The largest absolute Gasteiger partial charge is 0.449 e. The van der Waals surface area contributed by atoms with Crippen LogP contribution < -0.4 is 5.32 Å². The fourth-order valence-electron chi connectivity index (χ4n) is 1.67. The molecule has 0 aliphatic rings. The van der Waals surface area contributed by atoms with Crippen molar-refractivity contribution in [3.63, 3.8) is 0 Å². The van der Waals surface area contributed by atoms with Gasteiger partial charge in [0.25, 0.3) is 11.6 Å². The van der Waals surface area contributed by atoms with Gasteiger partial charge < -0.3 is 10.1 Å². The van der Waals surface area contributed by atoms with Crippen LogP contribution in [0.15, 0.2) is 30.3 Å². The quantitative estimate of drug-likeness (QED) is 0.360. The lowest BCUT2D eigenvalue weighted by molar-refractivity contribution is -0.385. The molecule has 0 radical (unpaired) electrons. The molecule has 1 N–H and O–H groups in total. The summed E-state index contributed by atoms with van der Waals surface area (Å²) in [5, 5.41) is 13.5. The molecule has 1 amide bonds. The van der Waals surface area contributed by atoms with Gasteiger partial charge in [0.15, 0.2) is 6.10 Å². The number of amides is 1. The van der Waals surface area contributed by atoms with Crippen LogP contribution in [0.3, 0.4) is 0 Å². The molecule has 0 saturated heterocycles. The van der Waals surface area contributed by atoms with Crippen LogP contribution in [-0.2, 0) is 14.3 Å². The van der Waals surface area contributed by atoms with Crippen LogP contribution in [-0.4, -0.2) is 29.4 Å². The molecule has 1 unspecified atom stereocenters. The Hall–Kier alpha value is -2.70. The summed E-state index contributed by atoms with van der Waals surface area (Å²) in [4.78, 5) is 33.7. The van der Waals surface area contributed by atoms with Gasteiger partial charge in [-0.15, -0.1) is 0 Å². The molecular formula is C16H20N2O5. The van der Waals surface area contributed by atoms with Crippen molar-refractivity contribution in [2.45, 2.75) is 26.9 Å². The third kappa shape index (κ3) is 6.29. The summed E-state index contributed by atoms with van der Waals surface area (Å²) in [7, 11) is 0. The van der Waals surface area contributed by atoms with E-state index in [9.17, 15) is 19.7 Å². The second-order valence-corrected chi connectivity index (χ2v) is 5.37. The standard InChI is InChI=1S/C16H20N2O5/c1-11(2)10-17-16(20)12(3)23-15(19)9-8-13-6-4-5-7-14(13)18(21)22/h4-9,11-12H,10H2,1-3H3,(H,17,20)/b9-8+. The first-order valence-corrected chi connectivity index (χ1v) is 7.21. The van der Waals surface area contributed by atoms with Gasteiger partial charge in [0.1, 0.15) is 0 Å². The summed E-state index contributed by atoms with van der Waals surface area (Å²) in [5.74, 6) is -0.832. The molecule has 0 aromatic heterocycles.